The molecule has 0 unspecified atom stereocenters. The van der Waals surface area contributed by atoms with Gasteiger partial charge in [-0.15, -0.1) is 0 Å². The van der Waals surface area contributed by atoms with Crippen LogP contribution >= 0.6 is 15.9 Å². The summed E-state index contributed by atoms with van der Waals surface area (Å²) in [5, 5.41) is 7.81. The fourth-order valence-electron chi connectivity index (χ4n) is 2.91. The topological polar surface area (TPSA) is 53.1 Å². The smallest absolute Gasteiger partial charge is 0.124 e. The summed E-state index contributed by atoms with van der Waals surface area (Å²) in [5.41, 5.74) is 10.5. The third-order valence-corrected chi connectivity index (χ3v) is 4.50. The Kier molecular flexibility index (Phi) is 3.97. The van der Waals surface area contributed by atoms with Gasteiger partial charge in [-0.1, -0.05) is 40.2 Å². The number of halogens is 1. The Hall–Kier alpha value is -1.81. The first kappa shape index (κ1) is 14.1. The van der Waals surface area contributed by atoms with E-state index in [4.69, 9.17) is 11.1 Å². The Labute approximate surface area is 133 Å². The lowest BCUT2D eigenvalue weighted by atomic mass is 10.0. The number of amidine groups is 1. The van der Waals surface area contributed by atoms with Crippen molar-refractivity contribution >= 4 is 27.5 Å². The standard InChI is InChI=1S/C17H18BrN3/c18-14-5-6-16(15(11-14)17(19)20)21-9-7-12-3-1-2-4-13(12)8-10-21/h1-6,11H,7-10H2,(H3,19,20). The van der Waals surface area contributed by atoms with Crippen molar-refractivity contribution < 1.29 is 0 Å². The highest BCUT2D eigenvalue weighted by Crippen LogP contribution is 2.27. The van der Waals surface area contributed by atoms with Crippen LogP contribution in [0.4, 0.5) is 5.69 Å². The lowest BCUT2D eigenvalue weighted by Crippen LogP contribution is -2.28. The van der Waals surface area contributed by atoms with Gasteiger partial charge in [0.2, 0.25) is 0 Å². The predicted molar refractivity (Wildman–Crippen MR) is 91.2 cm³/mol. The molecule has 1 aliphatic rings. The van der Waals surface area contributed by atoms with E-state index in [0.29, 0.717) is 0 Å². The van der Waals surface area contributed by atoms with Crippen LogP contribution in [0.15, 0.2) is 46.9 Å². The van der Waals surface area contributed by atoms with Gasteiger partial charge in [0.1, 0.15) is 5.84 Å². The normalized spacial score (nSPS) is 14.4. The van der Waals surface area contributed by atoms with Gasteiger partial charge in [0.25, 0.3) is 0 Å². The molecular weight excluding hydrogens is 326 g/mol. The number of nitrogen functional groups attached to an aromatic ring is 1. The Balaban J connectivity index is 1.91. The molecule has 2 aromatic carbocycles. The van der Waals surface area contributed by atoms with Gasteiger partial charge in [-0.3, -0.25) is 5.41 Å². The number of benzene rings is 2. The van der Waals surface area contributed by atoms with Crippen molar-refractivity contribution in [2.45, 2.75) is 12.8 Å². The summed E-state index contributed by atoms with van der Waals surface area (Å²) in [4.78, 5) is 2.34. The molecule has 1 heterocycles. The first-order valence-corrected chi connectivity index (χ1v) is 7.90. The maximum Gasteiger partial charge on any atom is 0.124 e. The zero-order valence-corrected chi connectivity index (χ0v) is 13.4. The van der Waals surface area contributed by atoms with Gasteiger partial charge in [0.15, 0.2) is 0 Å². The Morgan fingerprint density at radius 1 is 1.05 bits per heavy atom. The minimum Gasteiger partial charge on any atom is -0.384 e. The Morgan fingerprint density at radius 3 is 2.24 bits per heavy atom. The van der Waals surface area contributed by atoms with Crippen LogP contribution in [0.5, 0.6) is 0 Å². The van der Waals surface area contributed by atoms with Crippen LogP contribution < -0.4 is 10.6 Å². The number of fused-ring (bicyclic) bond motifs is 1. The molecule has 0 fully saturated rings. The van der Waals surface area contributed by atoms with Gasteiger partial charge in [-0.05, 0) is 42.2 Å². The minimum atomic E-state index is 0.119. The van der Waals surface area contributed by atoms with E-state index in [2.05, 4.69) is 51.2 Å². The first-order chi connectivity index (χ1) is 10.1. The second kappa shape index (κ2) is 5.90. The van der Waals surface area contributed by atoms with Crippen LogP contribution in [0.1, 0.15) is 16.7 Å². The molecule has 0 radical (unpaired) electrons. The Morgan fingerprint density at radius 2 is 1.67 bits per heavy atom. The third-order valence-electron chi connectivity index (χ3n) is 4.01. The highest BCUT2D eigenvalue weighted by atomic mass is 79.9. The number of rotatable bonds is 2. The molecule has 0 aliphatic carbocycles. The molecule has 0 bridgehead atoms. The van der Waals surface area contributed by atoms with Crippen molar-refractivity contribution in [1.82, 2.24) is 0 Å². The van der Waals surface area contributed by atoms with Gasteiger partial charge in [-0.2, -0.15) is 0 Å². The van der Waals surface area contributed by atoms with E-state index in [1.807, 2.05) is 12.1 Å². The summed E-state index contributed by atoms with van der Waals surface area (Å²) < 4.78 is 0.953. The van der Waals surface area contributed by atoms with Gasteiger partial charge in [0, 0.05) is 28.8 Å². The number of hydrogen-bond donors (Lipinski definition) is 2. The highest BCUT2D eigenvalue weighted by Gasteiger charge is 2.17. The fourth-order valence-corrected chi connectivity index (χ4v) is 3.27. The molecule has 3 nitrogen and oxygen atoms in total. The van der Waals surface area contributed by atoms with Crippen molar-refractivity contribution in [3.05, 3.63) is 63.6 Å². The van der Waals surface area contributed by atoms with Crippen molar-refractivity contribution in [2.24, 2.45) is 5.73 Å². The number of hydrogen-bond acceptors (Lipinski definition) is 2. The maximum atomic E-state index is 7.81. The van der Waals surface area contributed by atoms with Crippen LogP contribution in [0, 0.1) is 5.41 Å². The minimum absolute atomic E-state index is 0.119. The molecule has 3 rings (SSSR count). The van der Waals surface area contributed by atoms with Crippen LogP contribution in [-0.2, 0) is 12.8 Å². The van der Waals surface area contributed by atoms with E-state index >= 15 is 0 Å². The van der Waals surface area contributed by atoms with Gasteiger partial charge in [-0.25, -0.2) is 0 Å². The second-order valence-electron chi connectivity index (χ2n) is 5.33. The lowest BCUT2D eigenvalue weighted by molar-refractivity contribution is 0.804. The monoisotopic (exact) mass is 343 g/mol. The van der Waals surface area contributed by atoms with E-state index in [1.54, 1.807) is 0 Å². The summed E-state index contributed by atoms with van der Waals surface area (Å²) in [5.74, 6) is 0.119. The Bertz CT molecular complexity index is 654. The molecular formula is C17H18BrN3. The van der Waals surface area contributed by atoms with E-state index in [-0.39, 0.29) is 5.84 Å². The predicted octanol–water partition coefficient (Wildman–Crippen LogP) is 3.34. The van der Waals surface area contributed by atoms with Gasteiger partial charge in [0.05, 0.1) is 0 Å². The molecule has 2 aromatic rings. The second-order valence-corrected chi connectivity index (χ2v) is 6.25. The van der Waals surface area contributed by atoms with Gasteiger partial charge >= 0.3 is 0 Å². The molecule has 3 N–H and O–H groups in total. The number of nitrogens with one attached hydrogen (secondary N) is 1. The number of anilines is 1. The van der Waals surface area contributed by atoms with Crippen molar-refractivity contribution in [3.8, 4) is 0 Å². The van der Waals surface area contributed by atoms with Crippen molar-refractivity contribution in [3.63, 3.8) is 0 Å². The summed E-state index contributed by atoms with van der Waals surface area (Å²) in [6.45, 7) is 1.91. The zero-order valence-electron chi connectivity index (χ0n) is 11.8. The quantitative estimate of drug-likeness (QED) is 0.649. The molecule has 0 amide bonds. The SMILES string of the molecule is N=C(N)c1cc(Br)ccc1N1CCc2ccccc2CC1. The molecule has 0 aromatic heterocycles. The van der Waals surface area contributed by atoms with Crippen molar-refractivity contribution in [2.75, 3.05) is 18.0 Å². The maximum absolute atomic E-state index is 7.81. The molecule has 0 saturated heterocycles. The van der Waals surface area contributed by atoms with Crippen LogP contribution in [0.25, 0.3) is 0 Å². The summed E-state index contributed by atoms with van der Waals surface area (Å²) >= 11 is 3.46. The largest absolute Gasteiger partial charge is 0.384 e. The molecule has 0 spiro atoms. The average Bonchev–Trinajstić information content (AvgIpc) is 2.70. The lowest BCUT2D eigenvalue weighted by Gasteiger charge is -2.25. The van der Waals surface area contributed by atoms with Crippen molar-refractivity contribution in [1.29, 1.82) is 5.41 Å². The van der Waals surface area contributed by atoms with Crippen LogP contribution in [0.3, 0.4) is 0 Å². The van der Waals surface area contributed by atoms with E-state index in [1.165, 1.54) is 11.1 Å². The molecule has 0 saturated carbocycles. The third kappa shape index (κ3) is 2.95. The van der Waals surface area contributed by atoms with Crippen LogP contribution in [-0.4, -0.2) is 18.9 Å². The number of nitrogens with two attached hydrogens (primary N) is 1. The van der Waals surface area contributed by atoms with E-state index in [9.17, 15) is 0 Å². The van der Waals surface area contributed by atoms with E-state index < -0.39 is 0 Å². The van der Waals surface area contributed by atoms with E-state index in [0.717, 1.165) is 41.7 Å². The molecule has 108 valence electrons. The molecule has 0 atom stereocenters. The zero-order chi connectivity index (χ0) is 14.8. The fraction of sp³-hybridized carbons (Fsp3) is 0.235. The number of nitrogens with zero attached hydrogens (tertiary/aromatic N) is 1. The van der Waals surface area contributed by atoms with Gasteiger partial charge < -0.3 is 10.6 Å². The average molecular weight is 344 g/mol. The van der Waals surface area contributed by atoms with Crippen LogP contribution in [0.2, 0.25) is 0 Å². The summed E-state index contributed by atoms with van der Waals surface area (Å²) in [6, 6.07) is 14.6. The summed E-state index contributed by atoms with van der Waals surface area (Å²) in [7, 11) is 0. The molecule has 1 aliphatic heterocycles. The summed E-state index contributed by atoms with van der Waals surface area (Å²) in [6.07, 6.45) is 2.06. The molecule has 4 heteroatoms. The first-order valence-electron chi connectivity index (χ1n) is 7.11. The molecule has 21 heavy (non-hydrogen) atoms. The highest BCUT2D eigenvalue weighted by molar-refractivity contribution is 9.10.